The van der Waals surface area contributed by atoms with Gasteiger partial charge in [0, 0.05) is 28.9 Å². The van der Waals surface area contributed by atoms with Crippen LogP contribution in [0.25, 0.3) is 0 Å². The summed E-state index contributed by atoms with van der Waals surface area (Å²) >= 11 is 0. The average molecular weight is 318 g/mol. The van der Waals surface area contributed by atoms with Crippen LogP contribution in [0.5, 0.6) is 0 Å². The minimum atomic E-state index is -1.13. The van der Waals surface area contributed by atoms with Crippen LogP contribution in [-0.4, -0.2) is 33.1 Å². The normalized spacial score (nSPS) is 13.3. The molecule has 0 spiro atoms. The predicted octanol–water partition coefficient (Wildman–Crippen LogP) is 0.516. The molecule has 0 saturated heterocycles. The molecule has 0 aromatic heterocycles. The molecule has 0 saturated carbocycles. The molecule has 1 amide bonds. The first-order chi connectivity index (χ1) is 9.76. The predicted molar refractivity (Wildman–Crippen MR) is 76.7 cm³/mol. The second kappa shape index (κ2) is 7.09. The van der Waals surface area contributed by atoms with E-state index in [2.05, 4.69) is 5.32 Å². The minimum absolute atomic E-state index is 0.197. The Labute approximate surface area is 122 Å². The fraction of sp³-hybridized carbons (Fsp3) is 0.364. The van der Waals surface area contributed by atoms with Gasteiger partial charge in [0.1, 0.15) is 5.56 Å². The van der Waals surface area contributed by atoms with Gasteiger partial charge in [-0.1, -0.05) is 0 Å². The quantitative estimate of drug-likeness (QED) is 0.398. The Bertz CT molecular complexity index is 596. The van der Waals surface area contributed by atoms with Crippen LogP contribution in [-0.2, 0) is 10.8 Å². The van der Waals surface area contributed by atoms with Gasteiger partial charge in [0.25, 0.3) is 11.6 Å². The molecule has 0 radical (unpaired) electrons. The highest BCUT2D eigenvalue weighted by Crippen LogP contribution is 2.25. The van der Waals surface area contributed by atoms with Crippen molar-refractivity contribution >= 4 is 28.1 Å². The van der Waals surface area contributed by atoms with E-state index in [1.165, 1.54) is 6.26 Å². The van der Waals surface area contributed by atoms with Gasteiger partial charge in [-0.2, -0.15) is 0 Å². The van der Waals surface area contributed by atoms with E-state index in [0.29, 0.717) is 6.07 Å². The number of halogens is 1. The number of nitrogens with two attached hydrogens (primary N) is 1. The summed E-state index contributed by atoms with van der Waals surface area (Å²) in [5.74, 6) is 3.57. The fourth-order valence-electron chi connectivity index (χ4n) is 1.70. The number of nitrogens with one attached hydrogen (secondary N) is 2. The van der Waals surface area contributed by atoms with E-state index < -0.39 is 39.2 Å². The highest BCUT2D eigenvalue weighted by molar-refractivity contribution is 7.84. The Balaban J connectivity index is 3.12. The molecule has 8 nitrogen and oxygen atoms in total. The van der Waals surface area contributed by atoms with Crippen LogP contribution in [0.3, 0.4) is 0 Å². The number of nitro groups is 1. The molecule has 1 aromatic rings. The van der Waals surface area contributed by atoms with Crippen LogP contribution in [0.15, 0.2) is 12.1 Å². The van der Waals surface area contributed by atoms with Crippen LogP contribution < -0.4 is 16.6 Å². The maximum Gasteiger partial charge on any atom is 0.285 e. The molecule has 0 aliphatic rings. The molecular weight excluding hydrogens is 303 g/mol. The number of nitro benzene ring substituents is 1. The molecule has 0 bridgehead atoms. The SMILES string of the molecule is CC(CS(C)=O)NC(=O)c1cc(NN)c(F)cc1[N+](=O)[O-]. The van der Waals surface area contributed by atoms with E-state index in [1.807, 2.05) is 5.43 Å². The first kappa shape index (κ1) is 17.0. The Hall–Kier alpha value is -2.07. The first-order valence-corrected chi connectivity index (χ1v) is 7.54. The number of hydrogen-bond donors (Lipinski definition) is 3. The molecule has 2 unspecified atom stereocenters. The van der Waals surface area contributed by atoms with Crippen molar-refractivity contribution in [2.45, 2.75) is 13.0 Å². The van der Waals surface area contributed by atoms with Gasteiger partial charge in [-0.25, -0.2) is 4.39 Å². The average Bonchev–Trinajstić information content (AvgIpc) is 2.36. The number of carbonyl (C=O) groups excluding carboxylic acids is 1. The van der Waals surface area contributed by atoms with Crippen LogP contribution in [0.2, 0.25) is 0 Å². The number of rotatable bonds is 6. The van der Waals surface area contributed by atoms with Crippen molar-refractivity contribution in [2.24, 2.45) is 5.84 Å². The molecule has 0 fully saturated rings. The Morgan fingerprint density at radius 2 is 2.19 bits per heavy atom. The van der Waals surface area contributed by atoms with E-state index in [4.69, 9.17) is 5.84 Å². The van der Waals surface area contributed by atoms with E-state index in [1.54, 1.807) is 6.92 Å². The fourth-order valence-corrected chi connectivity index (χ4v) is 2.49. The Kier molecular flexibility index (Phi) is 5.73. The molecule has 0 heterocycles. The van der Waals surface area contributed by atoms with Gasteiger partial charge in [-0.3, -0.25) is 25.0 Å². The van der Waals surface area contributed by atoms with E-state index in [-0.39, 0.29) is 17.0 Å². The van der Waals surface area contributed by atoms with Crippen molar-refractivity contribution in [3.8, 4) is 0 Å². The van der Waals surface area contributed by atoms with Crippen molar-refractivity contribution < 1.29 is 18.3 Å². The molecule has 2 atom stereocenters. The number of nitrogen functional groups attached to an aromatic ring is 1. The second-order valence-electron chi connectivity index (χ2n) is 4.37. The third kappa shape index (κ3) is 4.46. The highest BCUT2D eigenvalue weighted by atomic mass is 32.2. The number of hydrogen-bond acceptors (Lipinski definition) is 6. The molecule has 116 valence electrons. The molecule has 4 N–H and O–H groups in total. The first-order valence-electron chi connectivity index (χ1n) is 5.81. The topological polar surface area (TPSA) is 127 Å². The lowest BCUT2D eigenvalue weighted by atomic mass is 10.1. The summed E-state index contributed by atoms with van der Waals surface area (Å²) in [6, 6.07) is 1.12. The lowest BCUT2D eigenvalue weighted by Gasteiger charge is -2.13. The van der Waals surface area contributed by atoms with E-state index in [0.717, 1.165) is 6.07 Å². The van der Waals surface area contributed by atoms with Gasteiger partial charge in [0.05, 0.1) is 16.7 Å². The number of hydrazine groups is 1. The zero-order valence-corrected chi connectivity index (χ0v) is 12.2. The van der Waals surface area contributed by atoms with Crippen LogP contribution in [0.4, 0.5) is 15.8 Å². The highest BCUT2D eigenvalue weighted by Gasteiger charge is 2.24. The maximum atomic E-state index is 13.5. The number of amides is 1. The lowest BCUT2D eigenvalue weighted by Crippen LogP contribution is -2.36. The van der Waals surface area contributed by atoms with Gasteiger partial charge in [-0.05, 0) is 13.0 Å². The zero-order chi connectivity index (χ0) is 16.2. The second-order valence-corrected chi connectivity index (χ2v) is 5.84. The van der Waals surface area contributed by atoms with E-state index in [9.17, 15) is 23.5 Å². The lowest BCUT2D eigenvalue weighted by molar-refractivity contribution is -0.385. The summed E-state index contributed by atoms with van der Waals surface area (Å²) in [5, 5.41) is 13.4. The number of carbonyl (C=O) groups is 1. The van der Waals surface area contributed by atoms with Crippen molar-refractivity contribution in [1.29, 1.82) is 0 Å². The summed E-state index contributed by atoms with van der Waals surface area (Å²) in [5.41, 5.74) is 0.775. The number of nitrogens with zero attached hydrogens (tertiary/aromatic N) is 1. The summed E-state index contributed by atoms with van der Waals surface area (Å²) in [7, 11) is -1.13. The van der Waals surface area contributed by atoms with Crippen LogP contribution in [0, 0.1) is 15.9 Å². The summed E-state index contributed by atoms with van der Waals surface area (Å²) in [4.78, 5) is 22.1. The standard InChI is InChI=1S/C11H15FN4O4S/c1-6(5-21(2)20)14-11(17)7-3-9(15-13)8(12)4-10(7)16(18)19/h3-4,6,15H,5,13H2,1-2H3,(H,14,17). The third-order valence-corrected chi connectivity index (χ3v) is 3.51. The van der Waals surface area contributed by atoms with E-state index >= 15 is 0 Å². The van der Waals surface area contributed by atoms with Crippen LogP contribution >= 0.6 is 0 Å². The summed E-state index contributed by atoms with van der Waals surface area (Å²) in [6.45, 7) is 1.61. The third-order valence-electron chi connectivity index (χ3n) is 2.54. The molecule has 0 aliphatic heterocycles. The van der Waals surface area contributed by atoms with Gasteiger partial charge < -0.3 is 10.7 Å². The van der Waals surface area contributed by atoms with Gasteiger partial charge in [-0.15, -0.1) is 0 Å². The van der Waals surface area contributed by atoms with Crippen molar-refractivity contribution in [2.75, 3.05) is 17.4 Å². The number of anilines is 1. The smallest absolute Gasteiger partial charge is 0.285 e. The van der Waals surface area contributed by atoms with Crippen LogP contribution in [0.1, 0.15) is 17.3 Å². The van der Waals surface area contributed by atoms with Crippen molar-refractivity contribution in [1.82, 2.24) is 5.32 Å². The summed E-state index contributed by atoms with van der Waals surface area (Å²) in [6.07, 6.45) is 1.47. The monoisotopic (exact) mass is 318 g/mol. The maximum absolute atomic E-state index is 13.5. The molecule has 21 heavy (non-hydrogen) atoms. The molecule has 1 rings (SSSR count). The zero-order valence-electron chi connectivity index (χ0n) is 11.4. The van der Waals surface area contributed by atoms with Gasteiger partial charge >= 0.3 is 0 Å². The minimum Gasteiger partial charge on any atom is -0.348 e. The number of benzene rings is 1. The van der Waals surface area contributed by atoms with Gasteiger partial charge in [0.2, 0.25) is 0 Å². The largest absolute Gasteiger partial charge is 0.348 e. The molecule has 10 heteroatoms. The molecule has 1 aromatic carbocycles. The Morgan fingerprint density at radius 1 is 1.57 bits per heavy atom. The summed E-state index contributed by atoms with van der Waals surface area (Å²) < 4.78 is 24.5. The molecule has 0 aliphatic carbocycles. The van der Waals surface area contributed by atoms with Crippen molar-refractivity contribution in [3.05, 3.63) is 33.6 Å². The molecular formula is C11H15FN4O4S. The van der Waals surface area contributed by atoms with Gasteiger partial charge in [0.15, 0.2) is 5.82 Å². The van der Waals surface area contributed by atoms with Crippen molar-refractivity contribution in [3.63, 3.8) is 0 Å². The Morgan fingerprint density at radius 3 is 2.67 bits per heavy atom.